The summed E-state index contributed by atoms with van der Waals surface area (Å²) in [5, 5.41) is 4.63. The molecule has 3 aromatic rings. The number of methoxy groups -OCH3 is 1. The number of carbonyl (C=O) groups is 1. The number of ether oxygens (including phenoxy) is 1. The maximum absolute atomic E-state index is 13.0. The van der Waals surface area contributed by atoms with Gasteiger partial charge in [0.1, 0.15) is 5.75 Å². The largest absolute Gasteiger partial charge is 0.496 e. The fraction of sp³-hybridized carbons (Fsp3) is 0.286. The molecule has 0 unspecified atom stereocenters. The van der Waals surface area contributed by atoms with E-state index in [1.54, 1.807) is 23.1 Å². The third-order valence-corrected chi connectivity index (χ3v) is 5.32. The van der Waals surface area contributed by atoms with Crippen LogP contribution in [-0.4, -0.2) is 41.1 Å². The van der Waals surface area contributed by atoms with Crippen LogP contribution in [0.15, 0.2) is 53.1 Å². The number of nitrogens with zero attached hydrogens (tertiary/aromatic N) is 3. The minimum atomic E-state index is -0.0920. The van der Waals surface area contributed by atoms with Crippen LogP contribution in [0.2, 0.25) is 5.02 Å². The van der Waals surface area contributed by atoms with E-state index in [-0.39, 0.29) is 17.7 Å². The number of hydrogen-bond donors (Lipinski definition) is 0. The predicted molar refractivity (Wildman–Crippen MR) is 106 cm³/mol. The highest BCUT2D eigenvalue weighted by molar-refractivity contribution is 6.30. The monoisotopic (exact) mass is 397 g/mol. The first-order chi connectivity index (χ1) is 13.6. The van der Waals surface area contributed by atoms with Gasteiger partial charge in [0.25, 0.3) is 5.91 Å². The number of likely N-dealkylation sites (tertiary alicyclic amines) is 1. The summed E-state index contributed by atoms with van der Waals surface area (Å²) < 4.78 is 10.9. The summed E-state index contributed by atoms with van der Waals surface area (Å²) in [6.07, 6.45) is 0. The van der Waals surface area contributed by atoms with Crippen molar-refractivity contribution in [1.29, 1.82) is 0 Å². The first kappa shape index (κ1) is 18.5. The summed E-state index contributed by atoms with van der Waals surface area (Å²) in [5.74, 6) is 1.69. The summed E-state index contributed by atoms with van der Waals surface area (Å²) in [4.78, 5) is 19.4. The van der Waals surface area contributed by atoms with Crippen LogP contribution in [0.25, 0.3) is 11.4 Å². The molecule has 1 amide bonds. The minimum absolute atomic E-state index is 0.00722. The van der Waals surface area contributed by atoms with Gasteiger partial charge in [-0.3, -0.25) is 4.79 Å². The highest BCUT2D eigenvalue weighted by Crippen LogP contribution is 2.34. The number of halogens is 1. The van der Waals surface area contributed by atoms with Crippen LogP contribution in [0.1, 0.15) is 29.1 Å². The number of carbonyl (C=O) groups excluding carboxylic acids is 1. The predicted octanol–water partition coefficient (Wildman–Crippen LogP) is 4.27. The molecule has 4 rings (SSSR count). The van der Waals surface area contributed by atoms with Crippen LogP contribution >= 0.6 is 11.6 Å². The molecule has 2 atom stereocenters. The Morgan fingerprint density at radius 2 is 2.00 bits per heavy atom. The quantitative estimate of drug-likeness (QED) is 0.657. The standard InChI is InChI=1S/C21H20ClN3O3/c1-13-11-25(21(26)16-9-8-15(22)10-18(16)27-2)12-17(13)20-23-19(24-28-20)14-6-4-3-5-7-14/h3-10,13,17H,11-12H2,1-2H3/t13-,17-/m0/s1. The molecule has 7 heteroatoms. The smallest absolute Gasteiger partial charge is 0.257 e. The van der Waals surface area contributed by atoms with Gasteiger partial charge >= 0.3 is 0 Å². The lowest BCUT2D eigenvalue weighted by Crippen LogP contribution is -2.29. The second-order valence-electron chi connectivity index (χ2n) is 6.96. The van der Waals surface area contributed by atoms with Crippen LogP contribution in [0.3, 0.4) is 0 Å². The van der Waals surface area contributed by atoms with Crippen molar-refractivity contribution < 1.29 is 14.1 Å². The Morgan fingerprint density at radius 3 is 2.75 bits per heavy atom. The summed E-state index contributed by atoms with van der Waals surface area (Å²) >= 11 is 6.01. The first-order valence-electron chi connectivity index (χ1n) is 9.08. The maximum atomic E-state index is 13.0. The van der Waals surface area contributed by atoms with Crippen LogP contribution < -0.4 is 4.74 Å². The van der Waals surface area contributed by atoms with Crippen molar-refractivity contribution in [3.63, 3.8) is 0 Å². The number of amides is 1. The van der Waals surface area contributed by atoms with Crippen molar-refractivity contribution in [2.24, 2.45) is 5.92 Å². The van der Waals surface area contributed by atoms with Crippen molar-refractivity contribution in [3.8, 4) is 17.1 Å². The van der Waals surface area contributed by atoms with Crippen LogP contribution in [0.5, 0.6) is 5.75 Å². The van der Waals surface area contributed by atoms with E-state index < -0.39 is 0 Å². The number of benzene rings is 2. The van der Waals surface area contributed by atoms with Crippen molar-refractivity contribution >= 4 is 17.5 Å². The highest BCUT2D eigenvalue weighted by Gasteiger charge is 2.37. The second kappa shape index (κ2) is 7.64. The van der Waals surface area contributed by atoms with E-state index in [1.165, 1.54) is 7.11 Å². The van der Waals surface area contributed by atoms with Gasteiger partial charge in [-0.25, -0.2) is 0 Å². The van der Waals surface area contributed by atoms with Crippen molar-refractivity contribution in [3.05, 3.63) is 65.0 Å². The highest BCUT2D eigenvalue weighted by atomic mass is 35.5. The fourth-order valence-corrected chi connectivity index (χ4v) is 3.72. The van der Waals surface area contributed by atoms with Crippen LogP contribution in [0, 0.1) is 5.92 Å². The lowest BCUT2D eigenvalue weighted by Gasteiger charge is -2.17. The zero-order valence-corrected chi connectivity index (χ0v) is 16.4. The molecule has 6 nitrogen and oxygen atoms in total. The molecule has 1 aliphatic rings. The molecule has 0 spiro atoms. The zero-order valence-electron chi connectivity index (χ0n) is 15.6. The van der Waals surface area contributed by atoms with E-state index in [2.05, 4.69) is 17.1 Å². The Kier molecular flexibility index (Phi) is 5.05. The van der Waals surface area contributed by atoms with Crippen molar-refractivity contribution in [1.82, 2.24) is 15.0 Å². The van der Waals surface area contributed by atoms with Gasteiger partial charge in [0, 0.05) is 23.7 Å². The normalized spacial score (nSPS) is 19.0. The minimum Gasteiger partial charge on any atom is -0.496 e. The number of hydrogen-bond acceptors (Lipinski definition) is 5. The van der Waals surface area contributed by atoms with Gasteiger partial charge < -0.3 is 14.2 Å². The molecule has 1 saturated heterocycles. The third-order valence-electron chi connectivity index (χ3n) is 5.08. The molecule has 28 heavy (non-hydrogen) atoms. The molecule has 0 aliphatic carbocycles. The molecule has 0 N–H and O–H groups in total. The molecule has 1 aliphatic heterocycles. The van der Waals surface area contributed by atoms with Gasteiger partial charge in [-0.2, -0.15) is 4.98 Å². The molecule has 0 radical (unpaired) electrons. The average Bonchev–Trinajstić information content (AvgIpc) is 3.35. The lowest BCUT2D eigenvalue weighted by atomic mass is 9.98. The Hall–Kier alpha value is -2.86. The van der Waals surface area contributed by atoms with Gasteiger partial charge in [0.2, 0.25) is 11.7 Å². The zero-order chi connectivity index (χ0) is 19.7. The molecule has 0 saturated carbocycles. The van der Waals surface area contributed by atoms with Crippen molar-refractivity contribution in [2.45, 2.75) is 12.8 Å². The Morgan fingerprint density at radius 1 is 1.21 bits per heavy atom. The van der Waals surface area contributed by atoms with Gasteiger partial charge in [0.15, 0.2) is 0 Å². The van der Waals surface area contributed by atoms with Crippen LogP contribution in [-0.2, 0) is 0 Å². The average molecular weight is 398 g/mol. The summed E-state index contributed by atoms with van der Waals surface area (Å²) in [6.45, 7) is 3.21. The van der Waals surface area contributed by atoms with E-state index in [0.717, 1.165) is 5.56 Å². The van der Waals surface area contributed by atoms with Gasteiger partial charge in [-0.05, 0) is 24.1 Å². The molecular weight excluding hydrogens is 378 g/mol. The van der Waals surface area contributed by atoms with Crippen molar-refractivity contribution in [2.75, 3.05) is 20.2 Å². The number of rotatable bonds is 4. The van der Waals surface area contributed by atoms with E-state index in [4.69, 9.17) is 20.9 Å². The molecule has 1 fully saturated rings. The van der Waals surface area contributed by atoms with E-state index in [0.29, 0.717) is 41.1 Å². The third kappa shape index (κ3) is 3.47. The summed E-state index contributed by atoms with van der Waals surface area (Å²) in [5.41, 5.74) is 1.40. The summed E-state index contributed by atoms with van der Waals surface area (Å²) in [7, 11) is 1.53. The molecule has 1 aromatic heterocycles. The molecule has 2 heterocycles. The number of aromatic nitrogens is 2. The topological polar surface area (TPSA) is 68.5 Å². The molecule has 144 valence electrons. The van der Waals surface area contributed by atoms with Gasteiger partial charge in [-0.15, -0.1) is 0 Å². The lowest BCUT2D eigenvalue weighted by molar-refractivity contribution is 0.0782. The first-order valence-corrected chi connectivity index (χ1v) is 9.46. The van der Waals surface area contributed by atoms with Crippen LogP contribution in [0.4, 0.5) is 0 Å². The maximum Gasteiger partial charge on any atom is 0.257 e. The van der Waals surface area contributed by atoms with E-state index in [1.807, 2.05) is 30.3 Å². The Balaban J connectivity index is 1.54. The SMILES string of the molecule is COc1cc(Cl)ccc1C(=O)N1C[C@H](c2nc(-c3ccccc3)no2)[C@@H](C)C1. The molecular formula is C21H20ClN3O3. The second-order valence-corrected chi connectivity index (χ2v) is 7.40. The fourth-order valence-electron chi connectivity index (χ4n) is 3.56. The Bertz CT molecular complexity index is 990. The van der Waals surface area contributed by atoms with Gasteiger partial charge in [-0.1, -0.05) is 54.0 Å². The molecule has 2 aromatic carbocycles. The Labute approximate surface area is 168 Å². The van der Waals surface area contributed by atoms with Gasteiger partial charge in [0.05, 0.1) is 18.6 Å². The molecule has 0 bridgehead atoms. The van der Waals surface area contributed by atoms with E-state index in [9.17, 15) is 4.79 Å². The van der Waals surface area contributed by atoms with E-state index >= 15 is 0 Å². The summed E-state index contributed by atoms with van der Waals surface area (Å²) in [6, 6.07) is 14.7.